The Morgan fingerprint density at radius 2 is 1.93 bits per heavy atom. The number of rotatable bonds is 4. The van der Waals surface area contributed by atoms with Crippen LogP contribution in [-0.2, 0) is 7.05 Å². The minimum absolute atomic E-state index is 0.00174. The third kappa shape index (κ3) is 3.44. The lowest BCUT2D eigenvalue weighted by atomic mass is 10.2. The summed E-state index contributed by atoms with van der Waals surface area (Å²) in [6.45, 7) is 6.25. The van der Waals surface area contributed by atoms with Crippen LogP contribution in [0.25, 0.3) is 0 Å². The van der Waals surface area contributed by atoms with Crippen molar-refractivity contribution in [3.63, 3.8) is 0 Å². The van der Waals surface area contributed by atoms with Crippen LogP contribution in [0.3, 0.4) is 0 Å². The summed E-state index contributed by atoms with van der Waals surface area (Å²) in [5.74, 6) is 1.23. The van der Waals surface area contributed by atoms with Crippen molar-refractivity contribution >= 4 is 11.8 Å². The molecule has 0 aliphatic carbocycles. The molecular formula is C19H24N4O4. The van der Waals surface area contributed by atoms with Crippen molar-refractivity contribution in [2.45, 2.75) is 13.0 Å². The predicted molar refractivity (Wildman–Crippen MR) is 99.9 cm³/mol. The van der Waals surface area contributed by atoms with Gasteiger partial charge in [-0.15, -0.1) is 0 Å². The van der Waals surface area contributed by atoms with Crippen LogP contribution in [0.2, 0.25) is 0 Å². The van der Waals surface area contributed by atoms with Gasteiger partial charge in [-0.3, -0.25) is 9.58 Å². The number of nitrogens with zero attached hydrogens (tertiary/aromatic N) is 4. The third-order valence-electron chi connectivity index (χ3n) is 5.23. The number of aromatic carboxylic acids is 1. The fourth-order valence-electron chi connectivity index (χ4n) is 3.65. The largest absolute Gasteiger partial charge is 0.486 e. The molecule has 0 unspecified atom stereocenters. The minimum atomic E-state index is -0.926. The van der Waals surface area contributed by atoms with Crippen molar-refractivity contribution in [2.24, 2.45) is 7.05 Å². The maximum Gasteiger partial charge on any atom is 0.341 e. The van der Waals surface area contributed by atoms with Crippen molar-refractivity contribution in [3.8, 4) is 11.5 Å². The van der Waals surface area contributed by atoms with Crippen LogP contribution in [-0.4, -0.2) is 71.2 Å². The monoisotopic (exact) mass is 372 g/mol. The second-order valence-electron chi connectivity index (χ2n) is 7.00. The normalized spacial score (nSPS) is 19.9. The Bertz CT molecular complexity index is 842. The van der Waals surface area contributed by atoms with Gasteiger partial charge in [0.15, 0.2) is 17.3 Å². The van der Waals surface area contributed by atoms with Crippen LogP contribution in [0.4, 0.5) is 5.82 Å². The molecule has 1 aromatic carbocycles. The number of para-hydroxylation sites is 2. The predicted octanol–water partition coefficient (Wildman–Crippen LogP) is 1.39. The molecule has 0 saturated carbocycles. The van der Waals surface area contributed by atoms with E-state index in [2.05, 4.69) is 14.9 Å². The number of carboxylic acids is 1. The topological polar surface area (TPSA) is 80.1 Å². The van der Waals surface area contributed by atoms with Gasteiger partial charge in [0.05, 0.1) is 5.69 Å². The van der Waals surface area contributed by atoms with E-state index in [0.29, 0.717) is 23.7 Å². The Kier molecular flexibility index (Phi) is 4.65. The first-order chi connectivity index (χ1) is 13.0. The maximum atomic E-state index is 11.6. The van der Waals surface area contributed by atoms with Gasteiger partial charge >= 0.3 is 5.97 Å². The summed E-state index contributed by atoms with van der Waals surface area (Å²) in [6, 6.07) is 7.72. The number of anilines is 1. The number of aromatic nitrogens is 2. The Morgan fingerprint density at radius 1 is 1.22 bits per heavy atom. The summed E-state index contributed by atoms with van der Waals surface area (Å²) in [4.78, 5) is 16.0. The summed E-state index contributed by atoms with van der Waals surface area (Å²) in [6.07, 6.45) is -0.00174. The van der Waals surface area contributed by atoms with Crippen molar-refractivity contribution < 1.29 is 19.4 Å². The van der Waals surface area contributed by atoms with Crippen LogP contribution in [0, 0.1) is 6.92 Å². The molecule has 27 heavy (non-hydrogen) atoms. The first-order valence-corrected chi connectivity index (χ1v) is 9.15. The minimum Gasteiger partial charge on any atom is -0.486 e. The maximum absolute atomic E-state index is 11.6. The van der Waals surface area contributed by atoms with E-state index in [9.17, 15) is 9.90 Å². The Hall–Kier alpha value is -2.74. The number of carbonyl (C=O) groups is 1. The number of benzene rings is 1. The molecule has 2 aromatic rings. The fraction of sp³-hybridized carbons (Fsp3) is 0.474. The van der Waals surface area contributed by atoms with Crippen LogP contribution < -0.4 is 14.4 Å². The van der Waals surface area contributed by atoms with E-state index in [0.717, 1.165) is 44.2 Å². The Balaban J connectivity index is 1.36. The van der Waals surface area contributed by atoms with E-state index in [1.165, 1.54) is 0 Å². The van der Waals surface area contributed by atoms with Gasteiger partial charge in [-0.2, -0.15) is 5.10 Å². The van der Waals surface area contributed by atoms with E-state index in [4.69, 9.17) is 9.47 Å². The van der Waals surface area contributed by atoms with E-state index >= 15 is 0 Å². The number of aryl methyl sites for hydroxylation is 1. The summed E-state index contributed by atoms with van der Waals surface area (Å²) < 4.78 is 13.5. The van der Waals surface area contributed by atoms with E-state index in [1.54, 1.807) is 18.7 Å². The highest BCUT2D eigenvalue weighted by Crippen LogP contribution is 2.31. The molecule has 1 saturated heterocycles. The molecular weight excluding hydrogens is 348 g/mol. The van der Waals surface area contributed by atoms with Gasteiger partial charge in [-0.05, 0) is 19.1 Å². The molecule has 4 rings (SSSR count). The van der Waals surface area contributed by atoms with Crippen molar-refractivity contribution in [2.75, 3.05) is 44.2 Å². The second-order valence-corrected chi connectivity index (χ2v) is 7.00. The average molecular weight is 372 g/mol. The van der Waals surface area contributed by atoms with Crippen molar-refractivity contribution in [1.29, 1.82) is 0 Å². The lowest BCUT2D eigenvalue weighted by molar-refractivity contribution is 0.0570. The molecule has 1 fully saturated rings. The van der Waals surface area contributed by atoms with Gasteiger partial charge in [-0.25, -0.2) is 4.79 Å². The lowest BCUT2D eigenvalue weighted by Crippen LogP contribution is -2.51. The lowest BCUT2D eigenvalue weighted by Gasteiger charge is -2.37. The fourth-order valence-corrected chi connectivity index (χ4v) is 3.65. The molecule has 3 heterocycles. The highest BCUT2D eigenvalue weighted by atomic mass is 16.6. The van der Waals surface area contributed by atoms with Gasteiger partial charge < -0.3 is 19.5 Å². The molecule has 8 heteroatoms. The summed E-state index contributed by atoms with van der Waals surface area (Å²) in [7, 11) is 1.78. The summed E-state index contributed by atoms with van der Waals surface area (Å²) >= 11 is 0. The SMILES string of the molecule is Cc1c(C(=O)O)c(N2CCN(C[C@H]3COc4ccccc4O3)CC2)nn1C. The second kappa shape index (κ2) is 7.11. The zero-order valence-corrected chi connectivity index (χ0v) is 15.6. The summed E-state index contributed by atoms with van der Waals surface area (Å²) in [5, 5.41) is 13.9. The molecule has 8 nitrogen and oxygen atoms in total. The van der Waals surface area contributed by atoms with Crippen LogP contribution in [0.5, 0.6) is 11.5 Å². The van der Waals surface area contributed by atoms with Gasteiger partial charge in [0.25, 0.3) is 0 Å². The zero-order chi connectivity index (χ0) is 19.0. The van der Waals surface area contributed by atoms with Gasteiger partial charge in [0.1, 0.15) is 18.3 Å². The van der Waals surface area contributed by atoms with Gasteiger partial charge in [0, 0.05) is 39.8 Å². The molecule has 1 N–H and O–H groups in total. The third-order valence-corrected chi connectivity index (χ3v) is 5.23. The van der Waals surface area contributed by atoms with E-state index < -0.39 is 5.97 Å². The van der Waals surface area contributed by atoms with E-state index in [1.807, 2.05) is 24.3 Å². The Labute approximate surface area is 157 Å². The molecule has 0 bridgehead atoms. The molecule has 1 atom stereocenters. The number of fused-ring (bicyclic) bond motifs is 1. The Morgan fingerprint density at radius 3 is 2.63 bits per heavy atom. The van der Waals surface area contributed by atoms with Crippen LogP contribution in [0.1, 0.15) is 16.1 Å². The standard InChI is InChI=1S/C19H24N4O4/c1-13-17(19(24)25)18(20-21(13)2)23-9-7-22(8-10-23)11-14-12-26-15-5-3-4-6-16(15)27-14/h3-6,14H,7-12H2,1-2H3,(H,24,25)/t14-/m0/s1. The van der Waals surface area contributed by atoms with Crippen molar-refractivity contribution in [1.82, 2.24) is 14.7 Å². The molecule has 0 radical (unpaired) electrons. The van der Waals surface area contributed by atoms with Gasteiger partial charge in [0.2, 0.25) is 0 Å². The highest BCUT2D eigenvalue weighted by molar-refractivity contribution is 5.94. The highest BCUT2D eigenvalue weighted by Gasteiger charge is 2.29. The van der Waals surface area contributed by atoms with Crippen LogP contribution >= 0.6 is 0 Å². The number of piperazine rings is 1. The molecule has 2 aliphatic heterocycles. The molecule has 144 valence electrons. The first-order valence-electron chi connectivity index (χ1n) is 9.15. The molecule has 2 aliphatic rings. The first kappa shape index (κ1) is 17.7. The van der Waals surface area contributed by atoms with Crippen LogP contribution in [0.15, 0.2) is 24.3 Å². The zero-order valence-electron chi connectivity index (χ0n) is 15.6. The van der Waals surface area contributed by atoms with Crippen molar-refractivity contribution in [3.05, 3.63) is 35.5 Å². The molecule has 0 spiro atoms. The molecule has 1 aromatic heterocycles. The van der Waals surface area contributed by atoms with Gasteiger partial charge in [-0.1, -0.05) is 12.1 Å². The number of hydrogen-bond acceptors (Lipinski definition) is 6. The number of carboxylic acid groups (broad SMARTS) is 1. The quantitative estimate of drug-likeness (QED) is 0.869. The number of ether oxygens (including phenoxy) is 2. The smallest absolute Gasteiger partial charge is 0.341 e. The van der Waals surface area contributed by atoms with E-state index in [-0.39, 0.29) is 6.10 Å². The summed E-state index contributed by atoms with van der Waals surface area (Å²) in [5.41, 5.74) is 0.970. The molecule has 0 amide bonds. The number of hydrogen-bond donors (Lipinski definition) is 1. The average Bonchev–Trinajstić information content (AvgIpc) is 2.97.